The summed E-state index contributed by atoms with van der Waals surface area (Å²) in [5.41, 5.74) is 5.66. The van der Waals surface area contributed by atoms with Crippen molar-refractivity contribution in [3.63, 3.8) is 0 Å². The minimum Gasteiger partial charge on any atom is -0.370 e. The molecule has 206 valence electrons. The van der Waals surface area contributed by atoms with Crippen molar-refractivity contribution in [2.45, 2.75) is 68.0 Å². The number of carbonyl (C=O) groups is 2. The Kier molecular flexibility index (Phi) is 9.01. The van der Waals surface area contributed by atoms with Crippen molar-refractivity contribution >= 4 is 38.4 Å². The first-order valence-electron chi connectivity index (χ1n) is 13.3. The van der Waals surface area contributed by atoms with E-state index in [4.69, 9.17) is 11.1 Å². The van der Waals surface area contributed by atoms with Gasteiger partial charge in [0.05, 0.1) is 23.4 Å². The largest absolute Gasteiger partial charge is 0.370 e. The van der Waals surface area contributed by atoms with Crippen LogP contribution in [-0.2, 0) is 19.6 Å². The molecule has 3 atom stereocenters. The predicted molar refractivity (Wildman–Crippen MR) is 147 cm³/mol. The fourth-order valence-electron chi connectivity index (χ4n) is 5.32. The molecule has 0 bridgehead atoms. The van der Waals surface area contributed by atoms with Crippen molar-refractivity contribution in [1.29, 1.82) is 5.41 Å². The highest BCUT2D eigenvalue weighted by Crippen LogP contribution is 2.21. The topological polar surface area (TPSA) is 149 Å². The van der Waals surface area contributed by atoms with Gasteiger partial charge in [0.2, 0.25) is 15.9 Å². The van der Waals surface area contributed by atoms with Gasteiger partial charge in [-0.3, -0.25) is 15.0 Å². The average Bonchev–Trinajstić information content (AvgIpc) is 3.21. The van der Waals surface area contributed by atoms with Crippen LogP contribution < -0.4 is 15.8 Å². The Morgan fingerprint density at radius 3 is 2.66 bits per heavy atom. The van der Waals surface area contributed by atoms with Crippen LogP contribution >= 0.6 is 0 Å². The van der Waals surface area contributed by atoms with Crippen molar-refractivity contribution in [3.8, 4) is 0 Å². The number of nitrogens with one attached hydrogen (secondary N) is 3. The minimum absolute atomic E-state index is 0.0359. The monoisotopic (exact) mass is 542 g/mol. The van der Waals surface area contributed by atoms with Gasteiger partial charge in [-0.15, -0.1) is 0 Å². The number of amides is 1. The number of likely N-dealkylation sites (tertiary alicyclic amines) is 1. The van der Waals surface area contributed by atoms with Crippen molar-refractivity contribution in [3.05, 3.63) is 42.5 Å². The van der Waals surface area contributed by atoms with Gasteiger partial charge in [0.15, 0.2) is 11.7 Å². The van der Waals surface area contributed by atoms with Gasteiger partial charge >= 0.3 is 0 Å². The van der Waals surface area contributed by atoms with E-state index in [1.54, 1.807) is 29.0 Å². The maximum Gasteiger partial charge on any atom is 0.241 e. The fraction of sp³-hybridized carbons (Fsp3) is 0.519. The quantitative estimate of drug-likeness (QED) is 0.294. The second kappa shape index (κ2) is 12.2. The van der Waals surface area contributed by atoms with Crippen molar-refractivity contribution in [2.24, 2.45) is 5.73 Å². The summed E-state index contributed by atoms with van der Waals surface area (Å²) in [5, 5.41) is 12.7. The number of likely N-dealkylation sites (N-methyl/N-ethyl adjacent to an activating group) is 1. The molecular formula is C27H38N6O4S. The third-order valence-corrected chi connectivity index (χ3v) is 9.10. The van der Waals surface area contributed by atoms with Crippen LogP contribution in [0.25, 0.3) is 10.8 Å². The number of hydrogen-bond donors (Lipinski definition) is 4. The molecule has 0 aromatic heterocycles. The van der Waals surface area contributed by atoms with E-state index in [1.807, 2.05) is 24.3 Å². The van der Waals surface area contributed by atoms with Crippen LogP contribution in [0.3, 0.4) is 0 Å². The molecule has 0 saturated carbocycles. The molecule has 1 amide bonds. The molecule has 2 heterocycles. The van der Waals surface area contributed by atoms with E-state index in [2.05, 4.69) is 10.0 Å². The number of rotatable bonds is 8. The van der Waals surface area contributed by atoms with Gasteiger partial charge < -0.3 is 20.9 Å². The lowest BCUT2D eigenvalue weighted by Gasteiger charge is -2.38. The Morgan fingerprint density at radius 2 is 1.89 bits per heavy atom. The number of nitrogens with zero attached hydrogens (tertiary/aromatic N) is 2. The van der Waals surface area contributed by atoms with E-state index in [1.165, 1.54) is 6.07 Å². The molecule has 2 aromatic carbocycles. The van der Waals surface area contributed by atoms with Crippen molar-refractivity contribution in [2.75, 3.05) is 26.7 Å². The first kappa shape index (κ1) is 28.0. The summed E-state index contributed by atoms with van der Waals surface area (Å²) < 4.78 is 29.5. The number of hydrogen-bond acceptors (Lipinski definition) is 6. The average molecular weight is 543 g/mol. The highest BCUT2D eigenvalue weighted by molar-refractivity contribution is 7.89. The van der Waals surface area contributed by atoms with Crippen LogP contribution in [0.1, 0.15) is 44.9 Å². The number of fused-ring (bicyclic) bond motifs is 1. The lowest BCUT2D eigenvalue weighted by Crippen LogP contribution is -2.54. The number of sulfonamides is 1. The van der Waals surface area contributed by atoms with Crippen molar-refractivity contribution in [1.82, 2.24) is 19.8 Å². The minimum atomic E-state index is -4.08. The standard InChI is InChI=1S/C27H38N6O4S/c1-32(21-10-7-15-33(18-21)27(28)29)25(34)17-24(26(35)23-11-3-2-6-14-30-23)31-38(36,37)22-13-12-19-8-4-5-9-20(19)16-22/h4-5,8-9,12-13,16,21,23-24,30-31H,2-3,6-7,10-11,14-15,17-18H2,1H3,(H3,28,29). The smallest absolute Gasteiger partial charge is 0.241 e. The highest BCUT2D eigenvalue weighted by atomic mass is 32.2. The number of nitrogens with two attached hydrogens (primary N) is 1. The highest BCUT2D eigenvalue weighted by Gasteiger charge is 2.35. The van der Waals surface area contributed by atoms with Gasteiger partial charge in [0.1, 0.15) is 0 Å². The molecule has 0 spiro atoms. The summed E-state index contributed by atoms with van der Waals surface area (Å²) >= 11 is 0. The van der Waals surface area contributed by atoms with Crippen LogP contribution in [0, 0.1) is 5.41 Å². The Bertz CT molecular complexity index is 1280. The van der Waals surface area contributed by atoms with E-state index >= 15 is 0 Å². The van der Waals surface area contributed by atoms with Crippen LogP contribution in [0.2, 0.25) is 0 Å². The first-order valence-corrected chi connectivity index (χ1v) is 14.8. The molecular weight excluding hydrogens is 504 g/mol. The molecule has 0 radical (unpaired) electrons. The zero-order valence-corrected chi connectivity index (χ0v) is 22.7. The maximum absolute atomic E-state index is 13.6. The van der Waals surface area contributed by atoms with Crippen LogP contribution in [0.5, 0.6) is 0 Å². The van der Waals surface area contributed by atoms with Crippen LogP contribution in [-0.4, -0.2) is 80.7 Å². The molecule has 0 aliphatic carbocycles. The molecule has 11 heteroatoms. The third kappa shape index (κ3) is 6.69. The number of carbonyl (C=O) groups excluding carboxylic acids is 2. The van der Waals surface area contributed by atoms with Gasteiger partial charge in [0.25, 0.3) is 0 Å². The normalized spacial score (nSPS) is 21.4. The van der Waals surface area contributed by atoms with E-state index in [-0.39, 0.29) is 35.0 Å². The Morgan fingerprint density at radius 1 is 1.13 bits per heavy atom. The second-order valence-electron chi connectivity index (χ2n) is 10.3. The summed E-state index contributed by atoms with van der Waals surface area (Å²) in [6.07, 6.45) is 4.67. The van der Waals surface area contributed by atoms with E-state index in [9.17, 15) is 18.0 Å². The Balaban J connectivity index is 1.55. The van der Waals surface area contributed by atoms with Crippen LogP contribution in [0.4, 0.5) is 0 Å². The molecule has 10 nitrogen and oxygen atoms in total. The maximum atomic E-state index is 13.6. The molecule has 2 saturated heterocycles. The third-order valence-electron chi connectivity index (χ3n) is 7.63. The summed E-state index contributed by atoms with van der Waals surface area (Å²) in [6.45, 7) is 1.77. The Labute approximate surface area is 224 Å². The van der Waals surface area contributed by atoms with Gasteiger partial charge in [-0.2, -0.15) is 0 Å². The molecule has 4 rings (SSSR count). The number of ketones is 1. The zero-order chi connectivity index (χ0) is 27.3. The second-order valence-corrected chi connectivity index (χ2v) is 12.0. The van der Waals surface area contributed by atoms with E-state index in [0.717, 1.165) is 42.9 Å². The van der Waals surface area contributed by atoms with E-state index < -0.39 is 22.1 Å². The van der Waals surface area contributed by atoms with Gasteiger partial charge in [-0.05, 0) is 55.1 Å². The lowest BCUT2D eigenvalue weighted by atomic mass is 9.98. The van der Waals surface area contributed by atoms with Crippen LogP contribution in [0.15, 0.2) is 47.4 Å². The Hall–Kier alpha value is -3.02. The molecule has 2 fully saturated rings. The van der Waals surface area contributed by atoms with Gasteiger partial charge in [-0.25, -0.2) is 13.1 Å². The molecule has 38 heavy (non-hydrogen) atoms. The summed E-state index contributed by atoms with van der Waals surface area (Å²) in [6, 6.07) is 10.4. The zero-order valence-electron chi connectivity index (χ0n) is 21.9. The van der Waals surface area contributed by atoms with Gasteiger partial charge in [0, 0.05) is 26.2 Å². The fourth-order valence-corrected chi connectivity index (χ4v) is 6.56. The molecule has 2 aromatic rings. The number of benzene rings is 2. The molecule has 2 aliphatic heterocycles. The number of guanidine groups is 1. The predicted octanol–water partition coefficient (Wildman–Crippen LogP) is 1.79. The SMILES string of the molecule is CN(C(=O)CC(NS(=O)(=O)c1ccc2ccccc2c1)C(=O)C1CCCCCN1)C1CCCN(C(=N)N)C1. The van der Waals surface area contributed by atoms with E-state index in [0.29, 0.717) is 26.1 Å². The molecule has 5 N–H and O–H groups in total. The van der Waals surface area contributed by atoms with Gasteiger partial charge in [-0.1, -0.05) is 43.2 Å². The van der Waals surface area contributed by atoms with Crippen molar-refractivity contribution < 1.29 is 18.0 Å². The summed E-state index contributed by atoms with van der Waals surface area (Å²) in [4.78, 5) is 30.4. The lowest BCUT2D eigenvalue weighted by molar-refractivity contribution is -0.135. The molecule has 2 aliphatic rings. The number of Topliss-reactive ketones (excluding diaryl/α,β-unsaturated/α-hetero) is 1. The summed E-state index contributed by atoms with van der Waals surface area (Å²) in [5.74, 6) is -0.674. The number of piperidine rings is 1. The summed E-state index contributed by atoms with van der Waals surface area (Å²) in [7, 11) is -2.42. The first-order chi connectivity index (χ1) is 18.2. The molecule has 3 unspecified atom stereocenters.